The highest BCUT2D eigenvalue weighted by Gasteiger charge is 2.10. The molecule has 0 bridgehead atoms. The molecule has 13 heavy (non-hydrogen) atoms. The van der Waals surface area contributed by atoms with Crippen molar-refractivity contribution in [1.82, 2.24) is 9.88 Å². The van der Waals surface area contributed by atoms with E-state index in [0.717, 1.165) is 5.69 Å². The van der Waals surface area contributed by atoms with Crippen LogP contribution in [-0.4, -0.2) is 29.4 Å². The van der Waals surface area contributed by atoms with E-state index in [1.165, 1.54) is 0 Å². The number of aryl methyl sites for hydroxylation is 1. The first-order valence-electron chi connectivity index (χ1n) is 4.17. The maximum Gasteiger partial charge on any atom is 0.270 e. The Morgan fingerprint density at radius 2 is 2.38 bits per heavy atom. The normalized spacial score (nSPS) is 9.69. The Kier molecular flexibility index (Phi) is 2.90. The van der Waals surface area contributed by atoms with Crippen LogP contribution in [0.15, 0.2) is 24.8 Å². The number of nitrogens with one attached hydrogen (secondary N) is 1. The van der Waals surface area contributed by atoms with Gasteiger partial charge in [0.2, 0.25) is 0 Å². The van der Waals surface area contributed by atoms with Crippen LogP contribution in [0.4, 0.5) is 0 Å². The van der Waals surface area contributed by atoms with Gasteiger partial charge in [0, 0.05) is 19.3 Å². The fraction of sp³-hybridized carbons (Fsp3) is 0.300. The molecule has 0 spiro atoms. The van der Waals surface area contributed by atoms with Crippen molar-refractivity contribution < 1.29 is 4.79 Å². The summed E-state index contributed by atoms with van der Waals surface area (Å²) in [6.45, 7) is 6.07. The van der Waals surface area contributed by atoms with Crippen LogP contribution >= 0.6 is 0 Å². The minimum Gasteiger partial charge on any atom is -0.355 e. The summed E-state index contributed by atoms with van der Waals surface area (Å²) in [6, 6.07) is 3.67. The summed E-state index contributed by atoms with van der Waals surface area (Å²) in [7, 11) is 1.75. The molecule has 0 saturated carbocycles. The van der Waals surface area contributed by atoms with Crippen molar-refractivity contribution in [2.24, 2.45) is 0 Å². The third-order valence-corrected chi connectivity index (χ3v) is 1.81. The van der Waals surface area contributed by atoms with Crippen LogP contribution in [-0.2, 0) is 0 Å². The molecule has 3 heteroatoms. The van der Waals surface area contributed by atoms with Crippen LogP contribution in [0.5, 0.6) is 0 Å². The second-order valence-corrected chi connectivity index (χ2v) is 3.03. The van der Waals surface area contributed by atoms with Crippen LogP contribution in [0, 0.1) is 6.92 Å². The molecule has 0 radical (unpaired) electrons. The predicted molar refractivity (Wildman–Crippen MR) is 52.7 cm³/mol. The SMILES string of the molecule is C=CCN(C)C(=O)c1ccc(C)[nH]1. The van der Waals surface area contributed by atoms with Gasteiger partial charge in [0.1, 0.15) is 5.69 Å². The first-order chi connectivity index (χ1) is 6.15. The zero-order valence-electron chi connectivity index (χ0n) is 8.00. The monoisotopic (exact) mass is 178 g/mol. The van der Waals surface area contributed by atoms with Gasteiger partial charge in [0.15, 0.2) is 0 Å². The van der Waals surface area contributed by atoms with Crippen molar-refractivity contribution in [1.29, 1.82) is 0 Å². The molecule has 0 unspecified atom stereocenters. The van der Waals surface area contributed by atoms with Gasteiger partial charge in [0.05, 0.1) is 0 Å². The van der Waals surface area contributed by atoms with Crippen LogP contribution < -0.4 is 0 Å². The fourth-order valence-corrected chi connectivity index (χ4v) is 1.11. The number of aromatic nitrogens is 1. The number of carbonyl (C=O) groups excluding carboxylic acids is 1. The summed E-state index contributed by atoms with van der Waals surface area (Å²) >= 11 is 0. The number of nitrogens with zero attached hydrogens (tertiary/aromatic N) is 1. The van der Waals surface area contributed by atoms with Gasteiger partial charge in [0.25, 0.3) is 5.91 Å². The lowest BCUT2D eigenvalue weighted by atomic mass is 10.3. The first-order valence-corrected chi connectivity index (χ1v) is 4.17. The zero-order chi connectivity index (χ0) is 9.84. The summed E-state index contributed by atoms with van der Waals surface area (Å²) in [4.78, 5) is 16.2. The lowest BCUT2D eigenvalue weighted by Gasteiger charge is -2.13. The third-order valence-electron chi connectivity index (χ3n) is 1.81. The van der Waals surface area contributed by atoms with Gasteiger partial charge in [-0.25, -0.2) is 0 Å². The van der Waals surface area contributed by atoms with Gasteiger partial charge < -0.3 is 9.88 Å². The first kappa shape index (κ1) is 9.58. The Hall–Kier alpha value is -1.51. The minimum absolute atomic E-state index is 0.00648. The Morgan fingerprint density at radius 1 is 1.69 bits per heavy atom. The molecule has 0 fully saturated rings. The largest absolute Gasteiger partial charge is 0.355 e. The Balaban J connectivity index is 2.73. The highest BCUT2D eigenvalue weighted by Crippen LogP contribution is 2.03. The molecule has 1 heterocycles. The number of likely N-dealkylation sites (N-methyl/N-ethyl adjacent to an activating group) is 1. The summed E-state index contributed by atoms with van der Waals surface area (Å²) < 4.78 is 0. The van der Waals surface area contributed by atoms with E-state index in [9.17, 15) is 4.79 Å². The highest BCUT2D eigenvalue weighted by molar-refractivity contribution is 5.92. The van der Waals surface area contributed by atoms with Gasteiger partial charge >= 0.3 is 0 Å². The molecule has 1 aromatic rings. The Morgan fingerprint density at radius 3 is 2.85 bits per heavy atom. The molecule has 70 valence electrons. The van der Waals surface area contributed by atoms with Crippen LogP contribution in [0.2, 0.25) is 0 Å². The van der Waals surface area contributed by atoms with Crippen LogP contribution in [0.1, 0.15) is 16.2 Å². The molecule has 3 nitrogen and oxygen atoms in total. The second kappa shape index (κ2) is 3.94. The lowest BCUT2D eigenvalue weighted by molar-refractivity contribution is 0.0805. The average Bonchev–Trinajstić information content (AvgIpc) is 2.51. The quantitative estimate of drug-likeness (QED) is 0.701. The Bertz CT molecular complexity index is 314. The van der Waals surface area contributed by atoms with Gasteiger partial charge in [-0.15, -0.1) is 6.58 Å². The summed E-state index contributed by atoms with van der Waals surface area (Å²) in [6.07, 6.45) is 1.70. The zero-order valence-corrected chi connectivity index (χ0v) is 8.00. The molecule has 1 amide bonds. The predicted octanol–water partition coefficient (Wildman–Crippen LogP) is 1.58. The molecular formula is C10H14N2O. The average molecular weight is 178 g/mol. The van der Waals surface area contributed by atoms with Crippen molar-refractivity contribution in [3.05, 3.63) is 36.2 Å². The summed E-state index contributed by atoms with van der Waals surface area (Å²) in [5.74, 6) is -0.00648. The van der Waals surface area contributed by atoms with Crippen LogP contribution in [0.25, 0.3) is 0 Å². The van der Waals surface area contributed by atoms with E-state index >= 15 is 0 Å². The molecule has 0 aliphatic heterocycles. The molecule has 1 N–H and O–H groups in total. The Labute approximate surface area is 78.1 Å². The molecule has 0 aliphatic rings. The third kappa shape index (κ3) is 2.21. The minimum atomic E-state index is -0.00648. The van der Waals surface area contributed by atoms with Crippen LogP contribution in [0.3, 0.4) is 0 Å². The molecule has 0 aromatic carbocycles. The van der Waals surface area contributed by atoms with Gasteiger partial charge in [-0.3, -0.25) is 4.79 Å². The van der Waals surface area contributed by atoms with E-state index in [-0.39, 0.29) is 5.91 Å². The molecule has 0 saturated heterocycles. The number of H-pyrrole nitrogens is 1. The highest BCUT2D eigenvalue weighted by atomic mass is 16.2. The van der Waals surface area contributed by atoms with Gasteiger partial charge in [-0.05, 0) is 19.1 Å². The van der Waals surface area contributed by atoms with Crippen molar-refractivity contribution in [2.75, 3.05) is 13.6 Å². The fourth-order valence-electron chi connectivity index (χ4n) is 1.11. The maximum absolute atomic E-state index is 11.6. The van der Waals surface area contributed by atoms with Crippen molar-refractivity contribution in [3.8, 4) is 0 Å². The van der Waals surface area contributed by atoms with E-state index in [1.807, 2.05) is 13.0 Å². The van der Waals surface area contributed by atoms with E-state index in [0.29, 0.717) is 12.2 Å². The van der Waals surface area contributed by atoms with Crippen molar-refractivity contribution >= 4 is 5.91 Å². The van der Waals surface area contributed by atoms with E-state index in [4.69, 9.17) is 0 Å². The summed E-state index contributed by atoms with van der Waals surface area (Å²) in [5.41, 5.74) is 1.62. The molecule has 0 aliphatic carbocycles. The number of hydrogen-bond acceptors (Lipinski definition) is 1. The number of hydrogen-bond donors (Lipinski definition) is 1. The number of rotatable bonds is 3. The van der Waals surface area contributed by atoms with Crippen molar-refractivity contribution in [3.63, 3.8) is 0 Å². The molecular weight excluding hydrogens is 164 g/mol. The topological polar surface area (TPSA) is 36.1 Å². The van der Waals surface area contributed by atoms with E-state index < -0.39 is 0 Å². The van der Waals surface area contributed by atoms with Crippen molar-refractivity contribution in [2.45, 2.75) is 6.92 Å². The van der Waals surface area contributed by atoms with Gasteiger partial charge in [-0.2, -0.15) is 0 Å². The van der Waals surface area contributed by atoms with E-state index in [2.05, 4.69) is 11.6 Å². The van der Waals surface area contributed by atoms with Gasteiger partial charge in [-0.1, -0.05) is 6.08 Å². The maximum atomic E-state index is 11.6. The molecule has 1 aromatic heterocycles. The standard InChI is InChI=1S/C10H14N2O/c1-4-7-12(3)10(13)9-6-5-8(2)11-9/h4-6,11H,1,7H2,2-3H3. The number of aromatic amines is 1. The number of carbonyl (C=O) groups is 1. The molecule has 0 atom stereocenters. The smallest absolute Gasteiger partial charge is 0.270 e. The summed E-state index contributed by atoms with van der Waals surface area (Å²) in [5, 5.41) is 0. The second-order valence-electron chi connectivity index (χ2n) is 3.03. The van der Waals surface area contributed by atoms with E-state index in [1.54, 1.807) is 24.1 Å². The number of amides is 1. The lowest BCUT2D eigenvalue weighted by Crippen LogP contribution is -2.26. The molecule has 1 rings (SSSR count).